The summed E-state index contributed by atoms with van der Waals surface area (Å²) in [5, 5.41) is 0. The van der Waals surface area contributed by atoms with Crippen molar-refractivity contribution in [1.29, 1.82) is 0 Å². The Kier molecular flexibility index (Phi) is 4.12. The molecule has 0 amide bonds. The molecule has 0 unspecified atom stereocenters. The highest BCUT2D eigenvalue weighted by molar-refractivity contribution is 7.92. The molecular weight excluding hydrogens is 308 g/mol. The van der Waals surface area contributed by atoms with E-state index >= 15 is 0 Å². The first-order valence-corrected chi connectivity index (χ1v) is 8.64. The van der Waals surface area contributed by atoms with E-state index < -0.39 is 10.0 Å². The van der Waals surface area contributed by atoms with Crippen LogP contribution in [0.15, 0.2) is 77.8 Å². The lowest BCUT2D eigenvalue weighted by Gasteiger charge is -2.09. The maximum atomic E-state index is 12.3. The van der Waals surface area contributed by atoms with E-state index in [4.69, 9.17) is 0 Å². The molecule has 1 N–H and O–H groups in total. The lowest BCUT2D eigenvalue weighted by Crippen LogP contribution is -2.12. The van der Waals surface area contributed by atoms with E-state index in [0.717, 1.165) is 16.8 Å². The maximum absolute atomic E-state index is 12.3. The van der Waals surface area contributed by atoms with Crippen LogP contribution in [-0.4, -0.2) is 13.4 Å². The Bertz CT molecular complexity index is 888. The molecule has 0 radical (unpaired) electrons. The minimum atomic E-state index is -3.57. The van der Waals surface area contributed by atoms with Gasteiger partial charge in [0.05, 0.1) is 10.6 Å². The number of rotatable bonds is 4. The predicted octanol–water partition coefficient (Wildman–Crippen LogP) is 3.86. The van der Waals surface area contributed by atoms with Gasteiger partial charge in [0.2, 0.25) is 0 Å². The van der Waals surface area contributed by atoms with E-state index in [0.29, 0.717) is 5.69 Å². The molecule has 2 aromatic carbocycles. The van der Waals surface area contributed by atoms with E-state index in [9.17, 15) is 8.42 Å². The van der Waals surface area contributed by atoms with Crippen molar-refractivity contribution in [3.8, 4) is 11.3 Å². The zero-order valence-electron chi connectivity index (χ0n) is 12.6. The Hall–Kier alpha value is -2.66. The van der Waals surface area contributed by atoms with Crippen LogP contribution in [0.3, 0.4) is 0 Å². The second kappa shape index (κ2) is 6.22. The summed E-state index contributed by atoms with van der Waals surface area (Å²) in [7, 11) is -3.57. The molecule has 0 saturated carbocycles. The van der Waals surface area contributed by atoms with Gasteiger partial charge in [-0.05, 0) is 43.3 Å². The molecular formula is C18H16N2O2S. The van der Waals surface area contributed by atoms with Crippen LogP contribution >= 0.6 is 0 Å². The molecule has 23 heavy (non-hydrogen) atoms. The highest BCUT2D eigenvalue weighted by Crippen LogP contribution is 2.21. The summed E-state index contributed by atoms with van der Waals surface area (Å²) in [6.45, 7) is 1.92. The number of sulfonamides is 1. The monoisotopic (exact) mass is 324 g/mol. The molecule has 4 nitrogen and oxygen atoms in total. The number of hydrogen-bond acceptors (Lipinski definition) is 3. The molecule has 0 aliphatic carbocycles. The van der Waals surface area contributed by atoms with Crippen LogP contribution in [0.4, 0.5) is 5.69 Å². The quantitative estimate of drug-likeness (QED) is 0.793. The highest BCUT2D eigenvalue weighted by atomic mass is 32.2. The summed E-state index contributed by atoms with van der Waals surface area (Å²) in [5.74, 6) is 0. The molecule has 0 aliphatic rings. The van der Waals surface area contributed by atoms with Crippen molar-refractivity contribution >= 4 is 15.7 Å². The number of nitrogens with zero attached hydrogens (tertiary/aromatic N) is 1. The van der Waals surface area contributed by atoms with Crippen LogP contribution in [0.2, 0.25) is 0 Å². The first-order chi connectivity index (χ1) is 11.0. The number of anilines is 1. The predicted molar refractivity (Wildman–Crippen MR) is 91.7 cm³/mol. The van der Waals surface area contributed by atoms with Crippen molar-refractivity contribution in [2.45, 2.75) is 11.8 Å². The smallest absolute Gasteiger partial charge is 0.261 e. The Labute approximate surface area is 135 Å². The molecule has 0 fully saturated rings. The standard InChI is InChI=1S/C18H16N2O2S/c1-14-5-11-17(12-6-14)23(21,22)20-16-9-7-15(8-10-16)18-4-2-3-13-19-18/h2-13,20H,1H3. The summed E-state index contributed by atoms with van der Waals surface area (Å²) >= 11 is 0. The Morgan fingerprint density at radius 1 is 0.870 bits per heavy atom. The van der Waals surface area contributed by atoms with Gasteiger partial charge >= 0.3 is 0 Å². The number of pyridine rings is 1. The molecule has 0 aliphatic heterocycles. The molecule has 0 spiro atoms. The zero-order chi connectivity index (χ0) is 16.3. The molecule has 5 heteroatoms. The van der Waals surface area contributed by atoms with Gasteiger partial charge in [0.25, 0.3) is 10.0 Å². The minimum Gasteiger partial charge on any atom is -0.280 e. The summed E-state index contributed by atoms with van der Waals surface area (Å²) in [6, 6.07) is 19.6. The van der Waals surface area contributed by atoms with E-state index in [1.165, 1.54) is 0 Å². The third-order valence-corrected chi connectivity index (χ3v) is 4.83. The largest absolute Gasteiger partial charge is 0.280 e. The number of nitrogens with one attached hydrogen (secondary N) is 1. The second-order valence-corrected chi connectivity index (χ2v) is 6.89. The molecule has 1 heterocycles. The van der Waals surface area contributed by atoms with E-state index in [2.05, 4.69) is 9.71 Å². The summed E-state index contributed by atoms with van der Waals surface area (Å²) < 4.78 is 27.3. The zero-order valence-corrected chi connectivity index (χ0v) is 13.4. The van der Waals surface area contributed by atoms with E-state index in [1.807, 2.05) is 37.3 Å². The first-order valence-electron chi connectivity index (χ1n) is 7.15. The third-order valence-electron chi connectivity index (χ3n) is 3.43. The van der Waals surface area contributed by atoms with Gasteiger partial charge in [0.1, 0.15) is 0 Å². The summed E-state index contributed by atoms with van der Waals surface area (Å²) in [5.41, 5.74) is 3.32. The van der Waals surface area contributed by atoms with Crippen molar-refractivity contribution in [1.82, 2.24) is 4.98 Å². The number of aromatic nitrogens is 1. The fraction of sp³-hybridized carbons (Fsp3) is 0.0556. The van der Waals surface area contributed by atoms with Gasteiger partial charge < -0.3 is 0 Å². The second-order valence-electron chi connectivity index (χ2n) is 5.21. The summed E-state index contributed by atoms with van der Waals surface area (Å²) in [4.78, 5) is 4.52. The van der Waals surface area contributed by atoms with Gasteiger partial charge in [-0.1, -0.05) is 35.9 Å². The molecule has 116 valence electrons. The molecule has 0 atom stereocenters. The molecule has 3 rings (SSSR count). The number of hydrogen-bond donors (Lipinski definition) is 1. The minimum absolute atomic E-state index is 0.247. The lowest BCUT2D eigenvalue weighted by molar-refractivity contribution is 0.601. The topological polar surface area (TPSA) is 59.1 Å². The van der Waals surface area contributed by atoms with Crippen molar-refractivity contribution in [2.75, 3.05) is 4.72 Å². The van der Waals surface area contributed by atoms with Gasteiger partial charge in [-0.15, -0.1) is 0 Å². The fourth-order valence-corrected chi connectivity index (χ4v) is 3.23. The van der Waals surface area contributed by atoms with Gasteiger partial charge in [-0.3, -0.25) is 9.71 Å². The van der Waals surface area contributed by atoms with Crippen LogP contribution in [-0.2, 0) is 10.0 Å². The molecule has 0 bridgehead atoms. The normalized spacial score (nSPS) is 11.2. The number of aryl methyl sites for hydroxylation is 1. The lowest BCUT2D eigenvalue weighted by atomic mass is 10.1. The average molecular weight is 324 g/mol. The fourth-order valence-electron chi connectivity index (χ4n) is 2.17. The van der Waals surface area contributed by atoms with Crippen LogP contribution in [0.1, 0.15) is 5.56 Å². The third kappa shape index (κ3) is 3.57. The van der Waals surface area contributed by atoms with Crippen LogP contribution in [0.5, 0.6) is 0 Å². The Balaban J connectivity index is 1.82. The van der Waals surface area contributed by atoms with Crippen LogP contribution in [0, 0.1) is 6.92 Å². The Morgan fingerprint density at radius 2 is 1.57 bits per heavy atom. The average Bonchev–Trinajstić information content (AvgIpc) is 2.56. The number of benzene rings is 2. The Morgan fingerprint density at radius 3 is 2.17 bits per heavy atom. The van der Waals surface area contributed by atoms with Gasteiger partial charge in [-0.2, -0.15) is 0 Å². The van der Waals surface area contributed by atoms with Crippen molar-refractivity contribution in [2.24, 2.45) is 0 Å². The highest BCUT2D eigenvalue weighted by Gasteiger charge is 2.13. The van der Waals surface area contributed by atoms with Gasteiger partial charge in [0.15, 0.2) is 0 Å². The van der Waals surface area contributed by atoms with Gasteiger partial charge in [0, 0.05) is 17.4 Å². The first kappa shape index (κ1) is 15.2. The maximum Gasteiger partial charge on any atom is 0.261 e. The van der Waals surface area contributed by atoms with Crippen molar-refractivity contribution in [3.05, 3.63) is 78.5 Å². The van der Waals surface area contributed by atoms with Crippen LogP contribution in [0.25, 0.3) is 11.3 Å². The molecule has 3 aromatic rings. The van der Waals surface area contributed by atoms with Gasteiger partial charge in [-0.25, -0.2) is 8.42 Å². The SMILES string of the molecule is Cc1ccc(S(=O)(=O)Nc2ccc(-c3ccccn3)cc2)cc1. The van der Waals surface area contributed by atoms with Crippen molar-refractivity contribution in [3.63, 3.8) is 0 Å². The van der Waals surface area contributed by atoms with E-state index in [1.54, 1.807) is 42.6 Å². The molecule has 0 saturated heterocycles. The molecule has 1 aromatic heterocycles. The van der Waals surface area contributed by atoms with Crippen molar-refractivity contribution < 1.29 is 8.42 Å². The van der Waals surface area contributed by atoms with Crippen LogP contribution < -0.4 is 4.72 Å². The van der Waals surface area contributed by atoms with E-state index in [-0.39, 0.29) is 4.90 Å². The summed E-state index contributed by atoms with van der Waals surface area (Å²) in [6.07, 6.45) is 1.73.